The topological polar surface area (TPSA) is 61.9 Å². The van der Waals surface area contributed by atoms with E-state index in [1.807, 2.05) is 0 Å². The number of ether oxygens (including phenoxy) is 1. The second-order valence-electron chi connectivity index (χ2n) is 8.92. The van der Waals surface area contributed by atoms with Gasteiger partial charge in [0.2, 0.25) is 5.91 Å². The number of amides is 2. The number of nitrogens with one attached hydrogen (secondary N) is 1. The molecule has 2 amide bonds. The van der Waals surface area contributed by atoms with Crippen molar-refractivity contribution >= 4 is 23.4 Å². The maximum atomic E-state index is 13.3. The number of carbonyl (C=O) groups excluding carboxylic acids is 2. The Morgan fingerprint density at radius 3 is 2.52 bits per heavy atom. The normalized spacial score (nSPS) is 19.5. The second kappa shape index (κ2) is 10.6. The minimum Gasteiger partial charge on any atom is -0.496 e. The van der Waals surface area contributed by atoms with Crippen LogP contribution in [0.4, 0.5) is 0 Å². The second-order valence-corrected chi connectivity index (χ2v) is 9.35. The third-order valence-electron chi connectivity index (χ3n) is 6.72. The lowest BCUT2D eigenvalue weighted by Crippen LogP contribution is -2.48. The van der Waals surface area contributed by atoms with Gasteiger partial charge < -0.3 is 15.0 Å². The Labute approximate surface area is 200 Å². The Balaban J connectivity index is 1.47. The highest BCUT2D eigenvalue weighted by atomic mass is 35.5. The van der Waals surface area contributed by atoms with E-state index in [0.29, 0.717) is 35.8 Å². The van der Waals surface area contributed by atoms with Gasteiger partial charge in [0.1, 0.15) is 11.8 Å². The Morgan fingerprint density at radius 1 is 1.09 bits per heavy atom. The minimum atomic E-state index is -0.488. The summed E-state index contributed by atoms with van der Waals surface area (Å²) in [6.45, 7) is 5.23. The van der Waals surface area contributed by atoms with Gasteiger partial charge in [0.25, 0.3) is 5.91 Å². The zero-order chi connectivity index (χ0) is 23.4. The Hall–Kier alpha value is -2.57. The van der Waals surface area contributed by atoms with E-state index in [-0.39, 0.29) is 17.9 Å². The lowest BCUT2D eigenvalue weighted by atomic mass is 10.0. The zero-order valence-corrected chi connectivity index (χ0v) is 20.1. The lowest BCUT2D eigenvalue weighted by molar-refractivity contribution is -0.125. The van der Waals surface area contributed by atoms with Crippen LogP contribution in [0.5, 0.6) is 5.75 Å². The molecule has 2 heterocycles. The molecule has 7 heteroatoms. The molecule has 0 radical (unpaired) electrons. The summed E-state index contributed by atoms with van der Waals surface area (Å²) < 4.78 is 5.36. The van der Waals surface area contributed by atoms with Crippen LogP contribution in [-0.2, 0) is 4.79 Å². The summed E-state index contributed by atoms with van der Waals surface area (Å²) in [7, 11) is 1.53. The Kier molecular flexibility index (Phi) is 7.56. The number of likely N-dealkylation sites (tertiary alicyclic amines) is 2. The third-order valence-corrected chi connectivity index (χ3v) is 6.96. The summed E-state index contributed by atoms with van der Waals surface area (Å²) in [6.07, 6.45) is 3.81. The highest BCUT2D eigenvalue weighted by molar-refractivity contribution is 6.31. The zero-order valence-electron chi connectivity index (χ0n) is 19.4. The smallest absolute Gasteiger partial charge is 0.258 e. The number of nitrogens with zero attached hydrogens (tertiary/aromatic N) is 2. The molecule has 0 bridgehead atoms. The number of halogens is 1. The first-order chi connectivity index (χ1) is 16.0. The molecule has 6 nitrogen and oxygen atoms in total. The monoisotopic (exact) mass is 469 g/mol. The molecule has 2 atom stereocenters. The van der Waals surface area contributed by atoms with Gasteiger partial charge in [-0.2, -0.15) is 0 Å². The van der Waals surface area contributed by atoms with E-state index >= 15 is 0 Å². The van der Waals surface area contributed by atoms with Crippen LogP contribution in [-0.4, -0.2) is 60.9 Å². The van der Waals surface area contributed by atoms with E-state index in [1.165, 1.54) is 31.1 Å². The molecule has 2 fully saturated rings. The summed E-state index contributed by atoms with van der Waals surface area (Å²) in [6, 6.07) is 13.2. The Morgan fingerprint density at radius 2 is 1.82 bits per heavy atom. The van der Waals surface area contributed by atoms with Crippen molar-refractivity contribution in [3.8, 4) is 5.75 Å². The van der Waals surface area contributed by atoms with Crippen LogP contribution in [0.2, 0.25) is 5.02 Å². The third kappa shape index (κ3) is 5.33. The molecule has 33 heavy (non-hydrogen) atoms. The first-order valence-electron chi connectivity index (χ1n) is 11.7. The number of hydrogen-bond donors (Lipinski definition) is 1. The molecular formula is C26H32ClN3O3. The van der Waals surface area contributed by atoms with Gasteiger partial charge >= 0.3 is 0 Å². The first kappa shape index (κ1) is 23.6. The fourth-order valence-electron chi connectivity index (χ4n) is 4.90. The predicted octanol–water partition coefficient (Wildman–Crippen LogP) is 4.21. The van der Waals surface area contributed by atoms with Crippen LogP contribution in [0.3, 0.4) is 0 Å². The van der Waals surface area contributed by atoms with Crippen molar-refractivity contribution in [1.82, 2.24) is 15.1 Å². The van der Waals surface area contributed by atoms with Gasteiger partial charge in [-0.15, -0.1) is 0 Å². The van der Waals surface area contributed by atoms with Crippen LogP contribution in [0.15, 0.2) is 42.5 Å². The van der Waals surface area contributed by atoms with Crippen molar-refractivity contribution in [1.29, 1.82) is 0 Å². The highest BCUT2D eigenvalue weighted by Gasteiger charge is 2.36. The molecule has 0 unspecified atom stereocenters. The molecule has 0 spiro atoms. The number of hydrogen-bond acceptors (Lipinski definition) is 4. The summed E-state index contributed by atoms with van der Waals surface area (Å²) in [5.41, 5.74) is 2.82. The van der Waals surface area contributed by atoms with Gasteiger partial charge in [-0.3, -0.25) is 14.5 Å². The van der Waals surface area contributed by atoms with Crippen molar-refractivity contribution in [2.24, 2.45) is 0 Å². The maximum Gasteiger partial charge on any atom is 0.258 e. The molecule has 176 valence electrons. The number of aryl methyl sites for hydroxylation is 1. The van der Waals surface area contributed by atoms with Crippen LogP contribution < -0.4 is 10.1 Å². The molecule has 2 aromatic rings. The fraction of sp³-hybridized carbons (Fsp3) is 0.462. The fourth-order valence-corrected chi connectivity index (χ4v) is 5.07. The summed E-state index contributed by atoms with van der Waals surface area (Å²) >= 11 is 6.13. The van der Waals surface area contributed by atoms with Gasteiger partial charge in [0.15, 0.2) is 0 Å². The molecular weight excluding hydrogens is 438 g/mol. The number of benzene rings is 2. The van der Waals surface area contributed by atoms with Crippen LogP contribution in [0.1, 0.15) is 53.2 Å². The van der Waals surface area contributed by atoms with E-state index in [1.54, 1.807) is 23.1 Å². The highest BCUT2D eigenvalue weighted by Crippen LogP contribution is 2.29. The predicted molar refractivity (Wildman–Crippen MR) is 130 cm³/mol. The van der Waals surface area contributed by atoms with Crippen LogP contribution in [0, 0.1) is 6.92 Å². The van der Waals surface area contributed by atoms with E-state index in [4.69, 9.17) is 16.3 Å². The average molecular weight is 470 g/mol. The van der Waals surface area contributed by atoms with Crippen LogP contribution >= 0.6 is 11.6 Å². The number of rotatable bonds is 7. The van der Waals surface area contributed by atoms with Crippen molar-refractivity contribution in [3.63, 3.8) is 0 Å². The minimum absolute atomic E-state index is 0.0989. The molecule has 2 saturated heterocycles. The molecule has 0 saturated carbocycles. The van der Waals surface area contributed by atoms with Gasteiger partial charge in [0.05, 0.1) is 18.7 Å². The summed E-state index contributed by atoms with van der Waals surface area (Å²) in [5, 5.41) is 3.62. The maximum absolute atomic E-state index is 13.3. The molecule has 2 aliphatic heterocycles. The van der Waals surface area contributed by atoms with Crippen molar-refractivity contribution in [3.05, 3.63) is 64.2 Å². The molecule has 1 N–H and O–H groups in total. The number of carbonyl (C=O) groups is 2. The number of methoxy groups -OCH3 is 1. The van der Waals surface area contributed by atoms with Crippen molar-refractivity contribution in [2.45, 2.75) is 44.7 Å². The summed E-state index contributed by atoms with van der Waals surface area (Å²) in [4.78, 5) is 30.6. The van der Waals surface area contributed by atoms with Crippen LogP contribution in [0.25, 0.3) is 0 Å². The van der Waals surface area contributed by atoms with Gasteiger partial charge in [-0.25, -0.2) is 0 Å². The molecule has 2 aliphatic rings. The molecule has 2 aromatic carbocycles. The lowest BCUT2D eigenvalue weighted by Gasteiger charge is -2.30. The van der Waals surface area contributed by atoms with E-state index in [2.05, 4.69) is 41.4 Å². The van der Waals surface area contributed by atoms with Gasteiger partial charge in [0, 0.05) is 18.1 Å². The van der Waals surface area contributed by atoms with Gasteiger partial charge in [-0.05, 0) is 69.5 Å². The van der Waals surface area contributed by atoms with E-state index in [0.717, 1.165) is 19.5 Å². The standard InChI is InChI=1S/C26H32ClN3O3/c1-18-7-9-19(10-8-18)23(29-13-3-4-14-29)17-28-25(31)22-6-5-15-30(22)26(32)21-16-20(27)11-12-24(21)33-2/h7-12,16,22-23H,3-6,13-15,17H2,1-2H3,(H,28,31)/t22-,23-/m0/s1. The average Bonchev–Trinajstić information content (AvgIpc) is 3.52. The quantitative estimate of drug-likeness (QED) is 0.659. The van der Waals surface area contributed by atoms with Gasteiger partial charge in [-0.1, -0.05) is 41.4 Å². The SMILES string of the molecule is COc1ccc(Cl)cc1C(=O)N1CCC[C@H]1C(=O)NC[C@@H](c1ccc(C)cc1)N1CCCC1. The molecule has 4 rings (SSSR count). The first-order valence-corrected chi connectivity index (χ1v) is 12.1. The molecule has 0 aliphatic carbocycles. The largest absolute Gasteiger partial charge is 0.496 e. The summed E-state index contributed by atoms with van der Waals surface area (Å²) in [5.74, 6) is 0.142. The van der Waals surface area contributed by atoms with E-state index < -0.39 is 6.04 Å². The van der Waals surface area contributed by atoms with Crippen molar-refractivity contribution in [2.75, 3.05) is 33.3 Å². The van der Waals surface area contributed by atoms with Crippen molar-refractivity contribution < 1.29 is 14.3 Å². The Bertz CT molecular complexity index is 989. The molecule has 0 aromatic heterocycles. The van der Waals surface area contributed by atoms with E-state index in [9.17, 15) is 9.59 Å².